The van der Waals surface area contributed by atoms with Gasteiger partial charge in [-0.2, -0.15) is 10.2 Å². The fourth-order valence-corrected chi connectivity index (χ4v) is 3.54. The predicted molar refractivity (Wildman–Crippen MR) is 123 cm³/mol. The summed E-state index contributed by atoms with van der Waals surface area (Å²) in [5, 5.41) is 10.1. The average Bonchev–Trinajstić information content (AvgIpc) is 2.78. The first-order valence-corrected chi connectivity index (χ1v) is 10.1. The lowest BCUT2D eigenvalue weighted by Crippen LogP contribution is -2.29. The second-order valence-corrected chi connectivity index (χ2v) is 7.55. The van der Waals surface area contributed by atoms with Crippen molar-refractivity contribution < 1.29 is 4.79 Å². The summed E-state index contributed by atoms with van der Waals surface area (Å²) in [5.74, 6) is -0.542. The Morgan fingerprint density at radius 1 is 1.00 bits per heavy atom. The summed E-state index contributed by atoms with van der Waals surface area (Å²) >= 11 is 12.0. The van der Waals surface area contributed by atoms with E-state index in [4.69, 9.17) is 23.2 Å². The number of halogens is 2. The van der Waals surface area contributed by atoms with E-state index in [-0.39, 0.29) is 17.8 Å². The molecule has 6 nitrogen and oxygen atoms in total. The van der Waals surface area contributed by atoms with Crippen molar-refractivity contribution >= 4 is 46.1 Å². The van der Waals surface area contributed by atoms with Crippen molar-refractivity contribution in [3.8, 4) is 0 Å². The molecule has 154 valence electrons. The van der Waals surface area contributed by atoms with Crippen LogP contribution in [0.4, 0.5) is 0 Å². The van der Waals surface area contributed by atoms with Gasteiger partial charge in [0.2, 0.25) is 0 Å². The van der Waals surface area contributed by atoms with Crippen LogP contribution in [0.25, 0.3) is 10.8 Å². The van der Waals surface area contributed by atoms with Crippen LogP contribution in [0, 0.1) is 0 Å². The fourth-order valence-electron chi connectivity index (χ4n) is 3.09. The second-order valence-electron chi connectivity index (χ2n) is 6.71. The first-order chi connectivity index (χ1) is 15.0. The Balaban J connectivity index is 1.67. The van der Waals surface area contributed by atoms with Gasteiger partial charge in [0.15, 0.2) is 5.69 Å². The minimum atomic E-state index is -0.542. The third-order valence-electron chi connectivity index (χ3n) is 4.59. The number of fused-ring (bicyclic) bond motifs is 1. The molecule has 1 aromatic heterocycles. The van der Waals surface area contributed by atoms with Crippen LogP contribution < -0.4 is 11.0 Å². The molecule has 0 spiro atoms. The fraction of sp³-hybridized carbons (Fsp3) is 0.0435. The lowest BCUT2D eigenvalue weighted by atomic mass is 10.1. The molecule has 0 aliphatic carbocycles. The van der Waals surface area contributed by atoms with Gasteiger partial charge < -0.3 is 0 Å². The molecular formula is C23H16Cl2N4O2. The van der Waals surface area contributed by atoms with Crippen molar-refractivity contribution in [3.63, 3.8) is 0 Å². The van der Waals surface area contributed by atoms with Crippen LogP contribution in [0.5, 0.6) is 0 Å². The van der Waals surface area contributed by atoms with Crippen molar-refractivity contribution in [2.75, 3.05) is 0 Å². The zero-order valence-corrected chi connectivity index (χ0v) is 17.6. The van der Waals surface area contributed by atoms with E-state index in [0.717, 1.165) is 5.56 Å². The Kier molecular flexibility index (Phi) is 6.11. The molecule has 0 atom stereocenters. The summed E-state index contributed by atoms with van der Waals surface area (Å²) in [6.07, 6.45) is 1.42. The van der Waals surface area contributed by atoms with E-state index >= 15 is 0 Å². The van der Waals surface area contributed by atoms with Gasteiger partial charge >= 0.3 is 0 Å². The van der Waals surface area contributed by atoms with Gasteiger partial charge in [0.25, 0.3) is 11.5 Å². The third kappa shape index (κ3) is 4.66. The molecule has 31 heavy (non-hydrogen) atoms. The topological polar surface area (TPSA) is 76.3 Å². The molecule has 1 heterocycles. The number of rotatable bonds is 5. The number of hydrogen-bond acceptors (Lipinski definition) is 4. The van der Waals surface area contributed by atoms with E-state index in [9.17, 15) is 9.59 Å². The molecular weight excluding hydrogens is 435 g/mol. The molecule has 3 aromatic carbocycles. The third-order valence-corrected chi connectivity index (χ3v) is 5.15. The molecule has 0 bridgehead atoms. The van der Waals surface area contributed by atoms with Crippen molar-refractivity contribution in [1.82, 2.24) is 15.2 Å². The first kappa shape index (κ1) is 20.8. The van der Waals surface area contributed by atoms with Crippen molar-refractivity contribution in [2.24, 2.45) is 5.10 Å². The van der Waals surface area contributed by atoms with Gasteiger partial charge in [0, 0.05) is 16.0 Å². The maximum Gasteiger partial charge on any atom is 0.292 e. The highest BCUT2D eigenvalue weighted by atomic mass is 35.5. The lowest BCUT2D eigenvalue weighted by molar-refractivity contribution is 0.0949. The Bertz CT molecular complexity index is 1350. The summed E-state index contributed by atoms with van der Waals surface area (Å²) in [7, 11) is 0. The van der Waals surface area contributed by atoms with Crippen molar-refractivity contribution in [2.45, 2.75) is 6.54 Å². The van der Waals surface area contributed by atoms with Crippen LogP contribution in [0.1, 0.15) is 21.6 Å². The Morgan fingerprint density at radius 3 is 2.45 bits per heavy atom. The number of benzene rings is 3. The van der Waals surface area contributed by atoms with Crippen LogP contribution >= 0.6 is 23.2 Å². The lowest BCUT2D eigenvalue weighted by Gasteiger charge is -2.10. The summed E-state index contributed by atoms with van der Waals surface area (Å²) in [6.45, 7) is 0.244. The predicted octanol–water partition coefficient (Wildman–Crippen LogP) is 4.52. The van der Waals surface area contributed by atoms with E-state index in [1.807, 2.05) is 30.3 Å². The number of carbonyl (C=O) groups is 1. The molecule has 0 fully saturated rings. The van der Waals surface area contributed by atoms with Crippen LogP contribution in [-0.4, -0.2) is 21.9 Å². The number of nitrogens with one attached hydrogen (secondary N) is 1. The van der Waals surface area contributed by atoms with E-state index in [0.29, 0.717) is 26.4 Å². The Morgan fingerprint density at radius 2 is 1.71 bits per heavy atom. The monoisotopic (exact) mass is 450 g/mol. The number of hydrogen-bond donors (Lipinski definition) is 1. The van der Waals surface area contributed by atoms with Gasteiger partial charge in [-0.25, -0.2) is 10.1 Å². The molecule has 4 aromatic rings. The molecule has 1 N–H and O–H groups in total. The van der Waals surface area contributed by atoms with Crippen molar-refractivity contribution in [1.29, 1.82) is 0 Å². The maximum atomic E-state index is 12.9. The largest absolute Gasteiger partial charge is 0.292 e. The zero-order valence-electron chi connectivity index (χ0n) is 16.1. The maximum absolute atomic E-state index is 12.9. The summed E-state index contributed by atoms with van der Waals surface area (Å²) in [4.78, 5) is 25.7. The van der Waals surface area contributed by atoms with Gasteiger partial charge in [0.1, 0.15) is 0 Å². The quantitative estimate of drug-likeness (QED) is 0.358. The van der Waals surface area contributed by atoms with E-state index in [1.54, 1.807) is 42.5 Å². The highest BCUT2D eigenvalue weighted by Gasteiger charge is 2.16. The summed E-state index contributed by atoms with van der Waals surface area (Å²) in [6, 6.07) is 21.2. The SMILES string of the molecule is O=C(N/N=C/c1ccc(Cl)cc1Cl)c1nn(Cc2ccccc2)c(=O)c2ccccc12. The smallest absolute Gasteiger partial charge is 0.267 e. The molecule has 0 saturated heterocycles. The standard InChI is InChI=1S/C23H16Cl2N4O2/c24-17-11-10-16(20(25)12-17)13-26-27-22(30)21-18-8-4-5-9-19(18)23(31)29(28-21)14-15-6-2-1-3-7-15/h1-13H,14H2,(H,27,30)/b26-13+. The first-order valence-electron chi connectivity index (χ1n) is 9.35. The molecule has 0 aliphatic heterocycles. The number of hydrazone groups is 1. The van der Waals surface area contributed by atoms with Gasteiger partial charge in [-0.3, -0.25) is 9.59 Å². The van der Waals surface area contributed by atoms with Crippen LogP contribution in [0.2, 0.25) is 10.0 Å². The van der Waals surface area contributed by atoms with Crippen LogP contribution in [0.3, 0.4) is 0 Å². The molecule has 0 radical (unpaired) electrons. The number of carbonyl (C=O) groups excluding carboxylic acids is 1. The zero-order chi connectivity index (χ0) is 21.8. The molecule has 0 unspecified atom stereocenters. The number of amides is 1. The average molecular weight is 451 g/mol. The Labute approximate surface area is 187 Å². The second kappa shape index (κ2) is 9.12. The van der Waals surface area contributed by atoms with Gasteiger partial charge in [-0.15, -0.1) is 0 Å². The van der Waals surface area contributed by atoms with E-state index in [2.05, 4.69) is 15.6 Å². The highest BCUT2D eigenvalue weighted by molar-refractivity contribution is 6.36. The van der Waals surface area contributed by atoms with Gasteiger partial charge in [0.05, 0.1) is 23.2 Å². The van der Waals surface area contributed by atoms with Gasteiger partial charge in [-0.05, 0) is 23.8 Å². The summed E-state index contributed by atoms with van der Waals surface area (Å²) < 4.78 is 1.28. The van der Waals surface area contributed by atoms with E-state index in [1.165, 1.54) is 10.9 Å². The molecule has 1 amide bonds. The van der Waals surface area contributed by atoms with Crippen molar-refractivity contribution in [3.05, 3.63) is 110 Å². The summed E-state index contributed by atoms with van der Waals surface area (Å²) in [5.41, 5.74) is 3.78. The molecule has 4 rings (SSSR count). The van der Waals surface area contributed by atoms with Crippen LogP contribution in [-0.2, 0) is 6.54 Å². The number of aromatic nitrogens is 2. The van der Waals surface area contributed by atoms with Gasteiger partial charge in [-0.1, -0.05) is 77.8 Å². The normalized spacial score (nSPS) is 11.2. The van der Waals surface area contributed by atoms with E-state index < -0.39 is 5.91 Å². The Hall–Kier alpha value is -3.48. The number of nitrogens with zero attached hydrogens (tertiary/aromatic N) is 3. The molecule has 8 heteroatoms. The van der Waals surface area contributed by atoms with Crippen LogP contribution in [0.15, 0.2) is 82.7 Å². The minimum Gasteiger partial charge on any atom is -0.267 e. The minimum absolute atomic E-state index is 0.102. The molecule has 0 saturated carbocycles. The molecule has 0 aliphatic rings. The highest BCUT2D eigenvalue weighted by Crippen LogP contribution is 2.19.